The number of rotatable bonds is 5. The van der Waals surface area contributed by atoms with Crippen molar-refractivity contribution in [1.29, 1.82) is 0 Å². The molecule has 0 bridgehead atoms. The van der Waals surface area contributed by atoms with Gasteiger partial charge >= 0.3 is 6.36 Å². The lowest BCUT2D eigenvalue weighted by molar-refractivity contribution is -0.274. The topological polar surface area (TPSA) is 70.2 Å². The zero-order valence-corrected chi connectivity index (χ0v) is 16.5. The maximum atomic E-state index is 12.6. The minimum Gasteiger partial charge on any atom is -0.406 e. The highest BCUT2D eigenvalue weighted by molar-refractivity contribution is 5.94. The van der Waals surface area contributed by atoms with Crippen molar-refractivity contribution in [3.63, 3.8) is 0 Å². The molecule has 1 aliphatic rings. The van der Waals surface area contributed by atoms with Crippen LogP contribution in [-0.4, -0.2) is 41.6 Å². The van der Waals surface area contributed by atoms with Gasteiger partial charge in [-0.2, -0.15) is 5.10 Å². The number of aromatic amines is 1. The first-order chi connectivity index (χ1) is 14.9. The molecule has 2 heterocycles. The van der Waals surface area contributed by atoms with E-state index < -0.39 is 18.0 Å². The van der Waals surface area contributed by atoms with E-state index >= 15 is 0 Å². The fourth-order valence-corrected chi connectivity index (χ4v) is 3.64. The molecule has 1 aromatic heterocycles. The average molecular weight is 430 g/mol. The maximum Gasteiger partial charge on any atom is 0.573 e. The van der Waals surface area contributed by atoms with Crippen molar-refractivity contribution in [3.8, 4) is 17.0 Å². The zero-order valence-electron chi connectivity index (χ0n) is 16.5. The second kappa shape index (κ2) is 8.71. The number of carbonyl (C=O) groups excluding carboxylic acids is 1. The van der Waals surface area contributed by atoms with Gasteiger partial charge in [-0.1, -0.05) is 36.4 Å². The van der Waals surface area contributed by atoms with E-state index in [1.165, 1.54) is 12.1 Å². The predicted molar refractivity (Wildman–Crippen MR) is 110 cm³/mol. The van der Waals surface area contributed by atoms with Crippen LogP contribution in [0.15, 0.2) is 60.7 Å². The van der Waals surface area contributed by atoms with Crippen LogP contribution in [0, 0.1) is 0 Å². The van der Waals surface area contributed by atoms with Crippen LogP contribution in [0.1, 0.15) is 23.2 Å². The van der Waals surface area contributed by atoms with Crippen LogP contribution in [0.25, 0.3) is 11.3 Å². The van der Waals surface area contributed by atoms with E-state index in [2.05, 4.69) is 25.2 Å². The molecule has 31 heavy (non-hydrogen) atoms. The third-order valence-corrected chi connectivity index (χ3v) is 5.06. The minimum absolute atomic E-state index is 0.116. The summed E-state index contributed by atoms with van der Waals surface area (Å²) in [6, 6.07) is 16.7. The van der Waals surface area contributed by atoms with Gasteiger partial charge in [0.15, 0.2) is 5.82 Å². The summed E-state index contributed by atoms with van der Waals surface area (Å²) in [6.45, 7) is 1.37. The van der Waals surface area contributed by atoms with Crippen LogP contribution in [0.5, 0.6) is 5.75 Å². The minimum atomic E-state index is -4.80. The lowest BCUT2D eigenvalue weighted by Crippen LogP contribution is -2.48. The van der Waals surface area contributed by atoms with Crippen molar-refractivity contribution >= 4 is 11.7 Å². The number of ether oxygens (including phenoxy) is 1. The van der Waals surface area contributed by atoms with Crippen LogP contribution < -0.4 is 15.0 Å². The van der Waals surface area contributed by atoms with E-state index in [4.69, 9.17) is 0 Å². The lowest BCUT2D eigenvalue weighted by Gasteiger charge is -2.33. The Balaban J connectivity index is 1.40. The van der Waals surface area contributed by atoms with Gasteiger partial charge in [0.05, 0.1) is 5.69 Å². The van der Waals surface area contributed by atoms with E-state index in [0.29, 0.717) is 6.54 Å². The van der Waals surface area contributed by atoms with Crippen molar-refractivity contribution in [2.45, 2.75) is 25.2 Å². The number of benzene rings is 2. The summed E-state index contributed by atoms with van der Waals surface area (Å²) >= 11 is 0. The Kier molecular flexibility index (Phi) is 5.83. The van der Waals surface area contributed by atoms with E-state index in [0.717, 1.165) is 48.6 Å². The van der Waals surface area contributed by atoms with Crippen LogP contribution in [0.2, 0.25) is 0 Å². The largest absolute Gasteiger partial charge is 0.573 e. The molecule has 162 valence electrons. The zero-order chi connectivity index (χ0) is 21.8. The number of halogens is 3. The van der Waals surface area contributed by atoms with Crippen molar-refractivity contribution in [3.05, 3.63) is 66.2 Å². The van der Waals surface area contributed by atoms with E-state index in [-0.39, 0.29) is 11.6 Å². The molecule has 9 heteroatoms. The second-order valence-electron chi connectivity index (χ2n) is 7.34. The smallest absolute Gasteiger partial charge is 0.406 e. The highest BCUT2D eigenvalue weighted by atomic mass is 19.4. The first kappa shape index (κ1) is 20.8. The number of piperidine rings is 1. The van der Waals surface area contributed by atoms with Crippen molar-refractivity contribution in [2.24, 2.45) is 0 Å². The summed E-state index contributed by atoms with van der Waals surface area (Å²) in [6.07, 6.45) is -3.17. The van der Waals surface area contributed by atoms with Crippen LogP contribution in [-0.2, 0) is 0 Å². The summed E-state index contributed by atoms with van der Waals surface area (Å²) in [5.74, 6) is -0.0692. The molecule has 4 rings (SSSR count). The third kappa shape index (κ3) is 5.36. The van der Waals surface area contributed by atoms with Gasteiger partial charge < -0.3 is 15.0 Å². The van der Waals surface area contributed by atoms with E-state index in [1.54, 1.807) is 0 Å². The number of carbonyl (C=O) groups is 1. The van der Waals surface area contributed by atoms with Gasteiger partial charge in [0.25, 0.3) is 5.91 Å². The van der Waals surface area contributed by atoms with Gasteiger partial charge in [-0.15, -0.1) is 13.2 Å². The average Bonchev–Trinajstić information content (AvgIpc) is 3.24. The number of alkyl halides is 3. The number of amides is 1. The molecule has 1 fully saturated rings. The highest BCUT2D eigenvalue weighted by Gasteiger charge is 2.31. The summed E-state index contributed by atoms with van der Waals surface area (Å²) in [5.41, 5.74) is 2.05. The molecule has 1 aliphatic heterocycles. The molecule has 2 aromatic carbocycles. The number of nitrogens with one attached hydrogen (secondary N) is 2. The summed E-state index contributed by atoms with van der Waals surface area (Å²) in [4.78, 5) is 14.7. The van der Waals surface area contributed by atoms with Crippen molar-refractivity contribution in [2.75, 3.05) is 18.0 Å². The van der Waals surface area contributed by atoms with Crippen molar-refractivity contribution < 1.29 is 22.7 Å². The number of hydrogen-bond acceptors (Lipinski definition) is 4. The molecule has 6 nitrogen and oxygen atoms in total. The summed E-state index contributed by atoms with van der Waals surface area (Å²) < 4.78 is 41.2. The highest BCUT2D eigenvalue weighted by Crippen LogP contribution is 2.25. The molecule has 0 spiro atoms. The van der Waals surface area contributed by atoms with Gasteiger partial charge in [-0.25, -0.2) is 0 Å². The second-order valence-corrected chi connectivity index (χ2v) is 7.34. The number of nitrogens with zero attached hydrogens (tertiary/aromatic N) is 2. The molecule has 0 aliphatic carbocycles. The number of anilines is 1. The van der Waals surface area contributed by atoms with Crippen LogP contribution in [0.4, 0.5) is 19.0 Å². The summed E-state index contributed by atoms with van der Waals surface area (Å²) in [7, 11) is 0. The molecule has 1 saturated heterocycles. The quantitative estimate of drug-likeness (QED) is 0.631. The van der Waals surface area contributed by atoms with E-state index in [1.807, 2.05) is 36.4 Å². The summed E-state index contributed by atoms with van der Waals surface area (Å²) in [5, 5.41) is 10.3. The normalized spacial score (nSPS) is 16.7. The molecule has 0 radical (unpaired) electrons. The molecule has 0 unspecified atom stereocenters. The van der Waals surface area contributed by atoms with E-state index in [9.17, 15) is 18.0 Å². The number of aromatic nitrogens is 2. The standard InChI is InChI=1S/C22H21F3N4O2/c23-22(24,25)31-18-10-4-8-16(12-18)21(30)26-17-9-5-11-29(14-17)20-13-19(27-28-20)15-6-2-1-3-7-15/h1-4,6-8,10,12-13,17H,5,9,11,14H2,(H,26,30)(H,27,28)/t17-/m0/s1. The Morgan fingerprint density at radius 3 is 2.71 bits per heavy atom. The fourth-order valence-electron chi connectivity index (χ4n) is 3.64. The Labute approximate surface area is 177 Å². The maximum absolute atomic E-state index is 12.6. The van der Waals surface area contributed by atoms with Crippen LogP contribution >= 0.6 is 0 Å². The predicted octanol–water partition coefficient (Wildman–Crippen LogP) is 4.37. The van der Waals surface area contributed by atoms with Crippen molar-refractivity contribution in [1.82, 2.24) is 15.5 Å². The van der Waals surface area contributed by atoms with Gasteiger partial charge in [0.2, 0.25) is 0 Å². The fraction of sp³-hybridized carbons (Fsp3) is 0.273. The lowest BCUT2D eigenvalue weighted by atomic mass is 10.0. The molecule has 2 N–H and O–H groups in total. The SMILES string of the molecule is O=C(N[C@H]1CCCN(c2cc(-c3ccccc3)[nH]n2)C1)c1cccc(OC(F)(F)F)c1. The molecular formula is C22H21F3N4O2. The van der Waals surface area contributed by atoms with Gasteiger partial charge in [-0.3, -0.25) is 9.89 Å². The van der Waals surface area contributed by atoms with Gasteiger partial charge in [0.1, 0.15) is 5.75 Å². The number of H-pyrrole nitrogens is 1. The van der Waals surface area contributed by atoms with Crippen LogP contribution in [0.3, 0.4) is 0 Å². The molecular weight excluding hydrogens is 409 g/mol. The first-order valence-corrected chi connectivity index (χ1v) is 9.90. The first-order valence-electron chi connectivity index (χ1n) is 9.90. The molecule has 1 amide bonds. The monoisotopic (exact) mass is 430 g/mol. The Morgan fingerprint density at radius 2 is 1.94 bits per heavy atom. The molecule has 0 saturated carbocycles. The Bertz CT molecular complexity index is 1040. The Morgan fingerprint density at radius 1 is 1.13 bits per heavy atom. The molecule has 3 aromatic rings. The molecule has 1 atom stereocenters. The number of hydrogen-bond donors (Lipinski definition) is 2. The van der Waals surface area contributed by atoms with Gasteiger partial charge in [-0.05, 0) is 36.6 Å². The van der Waals surface area contributed by atoms with Gasteiger partial charge in [0, 0.05) is 30.8 Å². The Hall–Kier alpha value is -3.49. The third-order valence-electron chi connectivity index (χ3n) is 5.06.